The van der Waals surface area contributed by atoms with Gasteiger partial charge in [0.15, 0.2) is 0 Å². The molecule has 3 nitrogen and oxygen atoms in total. The van der Waals surface area contributed by atoms with Gasteiger partial charge in [0.1, 0.15) is 0 Å². The number of benzene rings is 1. The molecule has 16 heavy (non-hydrogen) atoms. The first kappa shape index (κ1) is 11.4. The molecular formula is C12H14BrN3. The van der Waals surface area contributed by atoms with Crippen molar-refractivity contribution in [3.8, 4) is 0 Å². The van der Waals surface area contributed by atoms with Gasteiger partial charge in [-0.15, -0.1) is 0 Å². The maximum absolute atomic E-state index is 6.15. The van der Waals surface area contributed by atoms with Gasteiger partial charge in [-0.05, 0) is 24.1 Å². The molecule has 1 unspecified atom stereocenters. The van der Waals surface area contributed by atoms with Crippen LogP contribution in [-0.4, -0.2) is 9.55 Å². The largest absolute Gasteiger partial charge is 0.336 e. The minimum atomic E-state index is -0.0122. The fourth-order valence-electron chi connectivity index (χ4n) is 1.75. The molecule has 1 atom stereocenters. The highest BCUT2D eigenvalue weighted by molar-refractivity contribution is 9.10. The van der Waals surface area contributed by atoms with Crippen LogP contribution in [0.5, 0.6) is 0 Å². The highest BCUT2D eigenvalue weighted by Gasteiger charge is 2.10. The Balaban J connectivity index is 2.14. The van der Waals surface area contributed by atoms with Crippen molar-refractivity contribution in [3.63, 3.8) is 0 Å². The number of nitrogens with zero attached hydrogens (tertiary/aromatic N) is 2. The molecule has 0 aliphatic rings. The van der Waals surface area contributed by atoms with E-state index in [4.69, 9.17) is 5.73 Å². The second-order valence-electron chi connectivity index (χ2n) is 3.87. The molecule has 4 heteroatoms. The molecule has 0 amide bonds. The van der Waals surface area contributed by atoms with Crippen molar-refractivity contribution >= 4 is 15.9 Å². The molecule has 0 saturated carbocycles. The van der Waals surface area contributed by atoms with Crippen LogP contribution in [0.3, 0.4) is 0 Å². The van der Waals surface area contributed by atoms with Gasteiger partial charge in [-0.25, -0.2) is 4.98 Å². The van der Waals surface area contributed by atoms with Crippen LogP contribution in [0.25, 0.3) is 0 Å². The molecule has 2 aromatic rings. The summed E-state index contributed by atoms with van der Waals surface area (Å²) < 4.78 is 3.05. The van der Waals surface area contributed by atoms with Gasteiger partial charge in [0, 0.05) is 17.7 Å². The molecule has 0 aliphatic carbocycles. The Hall–Kier alpha value is -1.13. The fraction of sp³-hybridized carbons (Fsp3) is 0.250. The Kier molecular flexibility index (Phi) is 3.41. The lowest BCUT2D eigenvalue weighted by molar-refractivity contribution is 0.655. The molecule has 0 spiro atoms. The molecule has 84 valence electrons. The zero-order chi connectivity index (χ0) is 11.5. The molecule has 0 saturated heterocycles. The highest BCUT2D eigenvalue weighted by atomic mass is 79.9. The van der Waals surface area contributed by atoms with Crippen molar-refractivity contribution in [3.05, 3.63) is 52.5 Å². The molecule has 0 fully saturated rings. The van der Waals surface area contributed by atoms with Crippen molar-refractivity contribution < 1.29 is 0 Å². The number of aryl methyl sites for hydroxylation is 1. The van der Waals surface area contributed by atoms with Gasteiger partial charge in [0.05, 0.1) is 18.1 Å². The number of hydrogen-bond acceptors (Lipinski definition) is 2. The quantitative estimate of drug-likeness (QED) is 0.938. The Bertz CT molecular complexity index is 479. The molecule has 1 heterocycles. The maximum atomic E-state index is 6.15. The first-order valence-corrected chi connectivity index (χ1v) is 5.92. The Morgan fingerprint density at radius 1 is 1.50 bits per heavy atom. The molecule has 0 aliphatic heterocycles. The van der Waals surface area contributed by atoms with Gasteiger partial charge in [-0.3, -0.25) is 0 Å². The summed E-state index contributed by atoms with van der Waals surface area (Å²) in [6.07, 6.45) is 4.41. The van der Waals surface area contributed by atoms with E-state index in [2.05, 4.69) is 33.0 Å². The third-order valence-corrected chi connectivity index (χ3v) is 3.07. The minimum absolute atomic E-state index is 0.0122. The van der Waals surface area contributed by atoms with Crippen molar-refractivity contribution in [2.75, 3.05) is 0 Å². The van der Waals surface area contributed by atoms with Crippen LogP contribution in [0.4, 0.5) is 0 Å². The lowest BCUT2D eigenvalue weighted by Gasteiger charge is -2.12. The summed E-state index contributed by atoms with van der Waals surface area (Å²) in [5.74, 6) is 0. The van der Waals surface area contributed by atoms with Gasteiger partial charge in [0.25, 0.3) is 0 Å². The summed E-state index contributed by atoms with van der Waals surface area (Å²) in [7, 11) is 1.96. The summed E-state index contributed by atoms with van der Waals surface area (Å²) in [5, 5.41) is 0. The first-order valence-electron chi connectivity index (χ1n) is 5.13. The van der Waals surface area contributed by atoms with E-state index < -0.39 is 0 Å². The second kappa shape index (κ2) is 4.80. The number of rotatable bonds is 3. The van der Waals surface area contributed by atoms with Gasteiger partial charge in [-0.1, -0.05) is 28.1 Å². The van der Waals surface area contributed by atoms with Crippen LogP contribution in [-0.2, 0) is 13.5 Å². The van der Waals surface area contributed by atoms with Crippen molar-refractivity contribution in [1.82, 2.24) is 9.55 Å². The third-order valence-electron chi connectivity index (χ3n) is 2.58. The van der Waals surface area contributed by atoms with Crippen LogP contribution >= 0.6 is 15.9 Å². The average molecular weight is 280 g/mol. The van der Waals surface area contributed by atoms with Gasteiger partial charge in [-0.2, -0.15) is 0 Å². The number of nitrogens with two attached hydrogens (primary N) is 1. The van der Waals surface area contributed by atoms with Crippen LogP contribution < -0.4 is 5.73 Å². The zero-order valence-corrected chi connectivity index (χ0v) is 10.7. The molecule has 1 aromatic carbocycles. The monoisotopic (exact) mass is 279 g/mol. The topological polar surface area (TPSA) is 43.8 Å². The number of aromatic nitrogens is 2. The summed E-state index contributed by atoms with van der Waals surface area (Å²) in [6.45, 7) is 0. The van der Waals surface area contributed by atoms with Gasteiger partial charge in [0.2, 0.25) is 0 Å². The minimum Gasteiger partial charge on any atom is -0.336 e. The van der Waals surface area contributed by atoms with Gasteiger partial charge < -0.3 is 10.3 Å². The van der Waals surface area contributed by atoms with E-state index in [9.17, 15) is 0 Å². The van der Waals surface area contributed by atoms with E-state index in [1.54, 1.807) is 6.33 Å². The van der Waals surface area contributed by atoms with Crippen LogP contribution in [0.1, 0.15) is 17.3 Å². The molecule has 0 bridgehead atoms. The average Bonchev–Trinajstić information content (AvgIpc) is 2.64. The van der Waals surface area contributed by atoms with E-state index in [0.717, 1.165) is 16.6 Å². The number of halogens is 1. The summed E-state index contributed by atoms with van der Waals surface area (Å²) in [4.78, 5) is 4.08. The third kappa shape index (κ3) is 2.51. The lowest BCUT2D eigenvalue weighted by atomic mass is 10.0. The molecular weight excluding hydrogens is 266 g/mol. The predicted molar refractivity (Wildman–Crippen MR) is 68.0 cm³/mol. The number of hydrogen-bond donors (Lipinski definition) is 1. The maximum Gasteiger partial charge on any atom is 0.0946 e. The zero-order valence-electron chi connectivity index (χ0n) is 9.10. The Labute approximate surface area is 103 Å². The van der Waals surface area contributed by atoms with E-state index in [0.29, 0.717) is 0 Å². The second-order valence-corrected chi connectivity index (χ2v) is 4.79. The van der Waals surface area contributed by atoms with E-state index in [1.807, 2.05) is 29.9 Å². The summed E-state index contributed by atoms with van der Waals surface area (Å²) >= 11 is 3.46. The summed E-state index contributed by atoms with van der Waals surface area (Å²) in [6, 6.07) is 8.20. The number of imidazole rings is 1. The lowest BCUT2D eigenvalue weighted by Crippen LogP contribution is -2.16. The smallest absolute Gasteiger partial charge is 0.0946 e. The molecule has 0 radical (unpaired) electrons. The molecule has 1 aromatic heterocycles. The highest BCUT2D eigenvalue weighted by Crippen LogP contribution is 2.18. The fourth-order valence-corrected chi connectivity index (χ4v) is 2.19. The Morgan fingerprint density at radius 2 is 2.31 bits per heavy atom. The van der Waals surface area contributed by atoms with Crippen molar-refractivity contribution in [2.24, 2.45) is 12.8 Å². The molecule has 2 rings (SSSR count). The predicted octanol–water partition coefficient (Wildman–Crippen LogP) is 2.43. The Morgan fingerprint density at radius 3 is 2.94 bits per heavy atom. The van der Waals surface area contributed by atoms with Crippen molar-refractivity contribution in [1.29, 1.82) is 0 Å². The standard InChI is InChI=1S/C12H14BrN3/c1-16-8-15-7-12(16)11(14)6-9-3-2-4-10(13)5-9/h2-5,7-8,11H,6,14H2,1H3. The van der Waals surface area contributed by atoms with E-state index in [1.165, 1.54) is 5.56 Å². The van der Waals surface area contributed by atoms with Crippen LogP contribution in [0.2, 0.25) is 0 Å². The van der Waals surface area contributed by atoms with Gasteiger partial charge >= 0.3 is 0 Å². The van der Waals surface area contributed by atoms with Crippen molar-refractivity contribution in [2.45, 2.75) is 12.5 Å². The van der Waals surface area contributed by atoms with Crippen LogP contribution in [0.15, 0.2) is 41.3 Å². The summed E-state index contributed by atoms with van der Waals surface area (Å²) in [5.41, 5.74) is 8.43. The SMILES string of the molecule is Cn1cncc1C(N)Cc1cccc(Br)c1. The normalized spacial score (nSPS) is 12.7. The van der Waals surface area contributed by atoms with E-state index in [-0.39, 0.29) is 6.04 Å². The van der Waals surface area contributed by atoms with E-state index >= 15 is 0 Å². The molecule has 2 N–H and O–H groups in total. The first-order chi connectivity index (χ1) is 7.66. The van der Waals surface area contributed by atoms with Crippen LogP contribution in [0, 0.1) is 0 Å².